The Hall–Kier alpha value is -0.730. The standard InChI is InChI=1S/C6H11N3/c1-6(2,3)5-4-7-9-8-5/h4H2,1-3H3. The van der Waals surface area contributed by atoms with Gasteiger partial charge in [0.1, 0.15) is 6.54 Å². The third-order valence-corrected chi connectivity index (χ3v) is 1.31. The molecule has 0 amide bonds. The monoisotopic (exact) mass is 125 g/mol. The number of rotatable bonds is 0. The molecule has 50 valence electrons. The van der Waals surface area contributed by atoms with Crippen molar-refractivity contribution in [2.45, 2.75) is 20.8 Å². The van der Waals surface area contributed by atoms with Gasteiger partial charge in [-0.3, -0.25) is 0 Å². The predicted octanol–water partition coefficient (Wildman–Crippen LogP) is 1.85. The number of hydrogen-bond acceptors (Lipinski definition) is 3. The summed E-state index contributed by atoms with van der Waals surface area (Å²) in [6.45, 7) is 7.02. The van der Waals surface area contributed by atoms with Crippen molar-refractivity contribution in [1.82, 2.24) is 0 Å². The van der Waals surface area contributed by atoms with E-state index in [0.29, 0.717) is 6.54 Å². The summed E-state index contributed by atoms with van der Waals surface area (Å²) in [5.74, 6) is 0. The van der Waals surface area contributed by atoms with Gasteiger partial charge in [-0.1, -0.05) is 20.8 Å². The lowest BCUT2D eigenvalue weighted by molar-refractivity contribution is 0.586. The fraction of sp³-hybridized carbons (Fsp3) is 0.833. The first kappa shape index (κ1) is 6.39. The molecule has 0 spiro atoms. The molecule has 0 atom stereocenters. The van der Waals surface area contributed by atoms with Gasteiger partial charge in [-0.25, -0.2) is 0 Å². The van der Waals surface area contributed by atoms with Crippen LogP contribution < -0.4 is 0 Å². The highest BCUT2D eigenvalue weighted by Crippen LogP contribution is 2.18. The van der Waals surface area contributed by atoms with Gasteiger partial charge in [-0.2, -0.15) is 5.11 Å². The van der Waals surface area contributed by atoms with Crippen molar-refractivity contribution >= 4 is 5.71 Å². The third-order valence-electron chi connectivity index (χ3n) is 1.31. The van der Waals surface area contributed by atoms with E-state index in [1.807, 2.05) is 0 Å². The van der Waals surface area contributed by atoms with E-state index in [2.05, 4.69) is 36.2 Å². The average Bonchev–Trinajstić information content (AvgIpc) is 2.08. The van der Waals surface area contributed by atoms with Crippen LogP contribution in [0.3, 0.4) is 0 Å². The van der Waals surface area contributed by atoms with Crippen LogP contribution in [0.15, 0.2) is 15.4 Å². The molecule has 1 rings (SSSR count). The molecule has 9 heavy (non-hydrogen) atoms. The van der Waals surface area contributed by atoms with Gasteiger partial charge >= 0.3 is 0 Å². The zero-order valence-corrected chi connectivity index (χ0v) is 6.05. The van der Waals surface area contributed by atoms with Crippen LogP contribution in [-0.4, -0.2) is 12.3 Å². The first-order valence-corrected chi connectivity index (χ1v) is 3.04. The molecule has 0 saturated carbocycles. The number of nitrogens with zero attached hydrogens (tertiary/aromatic N) is 3. The quantitative estimate of drug-likeness (QED) is 0.474. The van der Waals surface area contributed by atoms with E-state index >= 15 is 0 Å². The summed E-state index contributed by atoms with van der Waals surface area (Å²) >= 11 is 0. The maximum atomic E-state index is 3.88. The van der Waals surface area contributed by atoms with Crippen molar-refractivity contribution in [3.05, 3.63) is 0 Å². The van der Waals surface area contributed by atoms with E-state index in [4.69, 9.17) is 0 Å². The van der Waals surface area contributed by atoms with E-state index in [1.54, 1.807) is 0 Å². The summed E-state index contributed by atoms with van der Waals surface area (Å²) in [5.41, 5.74) is 1.21. The van der Waals surface area contributed by atoms with E-state index in [9.17, 15) is 0 Å². The lowest BCUT2D eigenvalue weighted by Gasteiger charge is -2.15. The van der Waals surface area contributed by atoms with Crippen molar-refractivity contribution in [3.8, 4) is 0 Å². The molecule has 0 unspecified atom stereocenters. The van der Waals surface area contributed by atoms with Crippen molar-refractivity contribution in [1.29, 1.82) is 0 Å². The van der Waals surface area contributed by atoms with Crippen LogP contribution in [0.5, 0.6) is 0 Å². The van der Waals surface area contributed by atoms with Crippen LogP contribution in [0.4, 0.5) is 0 Å². The SMILES string of the molecule is CC(C)(C)C1=NN=NC1. The highest BCUT2D eigenvalue weighted by molar-refractivity contribution is 5.91. The van der Waals surface area contributed by atoms with Crippen molar-refractivity contribution < 1.29 is 0 Å². The smallest absolute Gasteiger partial charge is 0.103 e. The largest absolute Gasteiger partial charge is 0.163 e. The van der Waals surface area contributed by atoms with Crippen molar-refractivity contribution in [2.75, 3.05) is 6.54 Å². The van der Waals surface area contributed by atoms with E-state index < -0.39 is 0 Å². The zero-order valence-electron chi connectivity index (χ0n) is 6.05. The van der Waals surface area contributed by atoms with Crippen LogP contribution >= 0.6 is 0 Å². The Morgan fingerprint density at radius 3 is 2.22 bits per heavy atom. The number of hydrogen-bond donors (Lipinski definition) is 0. The maximum absolute atomic E-state index is 3.88. The lowest BCUT2D eigenvalue weighted by Crippen LogP contribution is -2.20. The molecule has 1 heterocycles. The molecule has 0 aromatic heterocycles. The molecule has 1 aliphatic heterocycles. The van der Waals surface area contributed by atoms with Crippen LogP contribution in [0.1, 0.15) is 20.8 Å². The molecule has 0 fully saturated rings. The summed E-state index contributed by atoms with van der Waals surface area (Å²) in [5, 5.41) is 11.2. The molecule has 3 heteroatoms. The highest BCUT2D eigenvalue weighted by Gasteiger charge is 2.20. The molecule has 0 aromatic rings. The minimum absolute atomic E-state index is 0.142. The van der Waals surface area contributed by atoms with Crippen molar-refractivity contribution in [2.24, 2.45) is 20.9 Å². The first-order chi connectivity index (χ1) is 4.11. The predicted molar refractivity (Wildman–Crippen MR) is 36.6 cm³/mol. The summed E-state index contributed by atoms with van der Waals surface area (Å²) in [7, 11) is 0. The van der Waals surface area contributed by atoms with Gasteiger partial charge in [0, 0.05) is 5.41 Å². The Bertz CT molecular complexity index is 162. The van der Waals surface area contributed by atoms with Gasteiger partial charge in [0.2, 0.25) is 0 Å². The van der Waals surface area contributed by atoms with Crippen molar-refractivity contribution in [3.63, 3.8) is 0 Å². The normalized spacial score (nSPS) is 18.3. The molecule has 0 aliphatic carbocycles. The summed E-state index contributed by atoms with van der Waals surface area (Å²) in [4.78, 5) is 0. The van der Waals surface area contributed by atoms with Crippen LogP contribution in [0, 0.1) is 5.41 Å². The van der Waals surface area contributed by atoms with E-state index in [1.165, 1.54) is 0 Å². The minimum atomic E-state index is 0.142. The fourth-order valence-corrected chi connectivity index (χ4v) is 0.603. The fourth-order valence-electron chi connectivity index (χ4n) is 0.603. The lowest BCUT2D eigenvalue weighted by atomic mass is 9.90. The zero-order chi connectivity index (χ0) is 6.91. The van der Waals surface area contributed by atoms with E-state index in [-0.39, 0.29) is 5.41 Å². The summed E-state index contributed by atoms with van der Waals surface area (Å²) in [6, 6.07) is 0. The van der Waals surface area contributed by atoms with Crippen LogP contribution in [-0.2, 0) is 0 Å². The molecule has 0 saturated heterocycles. The Labute approximate surface area is 54.9 Å². The van der Waals surface area contributed by atoms with Gasteiger partial charge in [-0.05, 0) is 5.22 Å². The van der Waals surface area contributed by atoms with Gasteiger partial charge in [-0.15, -0.1) is 5.10 Å². The van der Waals surface area contributed by atoms with Gasteiger partial charge in [0.15, 0.2) is 0 Å². The molecular weight excluding hydrogens is 114 g/mol. The highest BCUT2D eigenvalue weighted by atomic mass is 15.4. The Balaban J connectivity index is 2.66. The Morgan fingerprint density at radius 2 is 2.00 bits per heavy atom. The first-order valence-electron chi connectivity index (χ1n) is 3.04. The molecule has 0 aromatic carbocycles. The molecule has 0 N–H and O–H groups in total. The molecule has 3 nitrogen and oxygen atoms in total. The molecule has 1 aliphatic rings. The second-order valence-corrected chi connectivity index (χ2v) is 3.19. The molecule has 0 bridgehead atoms. The van der Waals surface area contributed by atoms with E-state index in [0.717, 1.165) is 5.71 Å². The minimum Gasteiger partial charge on any atom is -0.163 e. The van der Waals surface area contributed by atoms with Gasteiger partial charge in [0.25, 0.3) is 0 Å². The van der Waals surface area contributed by atoms with Crippen LogP contribution in [0.2, 0.25) is 0 Å². The van der Waals surface area contributed by atoms with Gasteiger partial charge < -0.3 is 0 Å². The summed E-state index contributed by atoms with van der Waals surface area (Å²) in [6.07, 6.45) is 0. The average molecular weight is 125 g/mol. The Kier molecular flexibility index (Phi) is 1.35. The Morgan fingerprint density at radius 1 is 1.33 bits per heavy atom. The second kappa shape index (κ2) is 1.90. The van der Waals surface area contributed by atoms with Gasteiger partial charge in [0.05, 0.1) is 5.71 Å². The maximum Gasteiger partial charge on any atom is 0.103 e. The second-order valence-electron chi connectivity index (χ2n) is 3.19. The summed E-state index contributed by atoms with van der Waals surface area (Å²) < 4.78 is 0. The van der Waals surface area contributed by atoms with Crippen LogP contribution in [0.25, 0.3) is 0 Å². The third kappa shape index (κ3) is 1.34. The molecular formula is C6H11N3. The molecule has 0 radical (unpaired) electrons. The topological polar surface area (TPSA) is 37.1 Å².